The van der Waals surface area contributed by atoms with Crippen LogP contribution in [0.15, 0.2) is 54.7 Å². The zero-order valence-corrected chi connectivity index (χ0v) is 11.7. The van der Waals surface area contributed by atoms with Gasteiger partial charge in [0.15, 0.2) is 0 Å². The van der Waals surface area contributed by atoms with Crippen molar-refractivity contribution >= 4 is 22.6 Å². The van der Waals surface area contributed by atoms with E-state index in [0.29, 0.717) is 12.2 Å². The smallest absolute Gasteiger partial charge is 0.339 e. The van der Waals surface area contributed by atoms with E-state index in [1.165, 1.54) is 12.1 Å². The summed E-state index contributed by atoms with van der Waals surface area (Å²) in [6, 6.07) is 14.3. The molecule has 5 heteroatoms. The molecule has 1 heterocycles. The molecule has 0 saturated carbocycles. The molecule has 110 valence electrons. The lowest BCUT2D eigenvalue weighted by Gasteiger charge is -2.08. The second kappa shape index (κ2) is 5.73. The Bertz CT molecular complexity index is 846. The third kappa shape index (κ3) is 2.83. The van der Waals surface area contributed by atoms with Gasteiger partial charge in [-0.25, -0.2) is 4.79 Å². The zero-order valence-electron chi connectivity index (χ0n) is 11.7. The third-order valence-corrected chi connectivity index (χ3v) is 3.37. The van der Waals surface area contributed by atoms with Gasteiger partial charge in [-0.15, -0.1) is 0 Å². The lowest BCUT2D eigenvalue weighted by molar-refractivity contribution is 0.0694. The van der Waals surface area contributed by atoms with Crippen LogP contribution in [0.25, 0.3) is 10.9 Å². The van der Waals surface area contributed by atoms with Crippen LogP contribution in [-0.4, -0.2) is 21.2 Å². The summed E-state index contributed by atoms with van der Waals surface area (Å²) in [5.41, 5.74) is 2.48. The van der Waals surface area contributed by atoms with Crippen LogP contribution in [0.5, 0.6) is 5.75 Å². The second-order valence-electron chi connectivity index (χ2n) is 4.93. The Morgan fingerprint density at radius 1 is 1.14 bits per heavy atom. The molecule has 0 bridgehead atoms. The Morgan fingerprint density at radius 3 is 2.73 bits per heavy atom. The van der Waals surface area contributed by atoms with Crippen molar-refractivity contribution in [1.82, 2.24) is 4.98 Å². The summed E-state index contributed by atoms with van der Waals surface area (Å²) in [7, 11) is 0. The Labute approximate surface area is 126 Å². The first-order chi connectivity index (χ1) is 10.6. The van der Waals surface area contributed by atoms with Crippen LogP contribution in [0.2, 0.25) is 0 Å². The van der Waals surface area contributed by atoms with Gasteiger partial charge in [0.2, 0.25) is 0 Å². The topological polar surface area (TPSA) is 82.5 Å². The summed E-state index contributed by atoms with van der Waals surface area (Å²) >= 11 is 0. The molecule has 3 rings (SSSR count). The van der Waals surface area contributed by atoms with E-state index < -0.39 is 5.97 Å². The number of hydrogen-bond acceptors (Lipinski definition) is 4. The summed E-state index contributed by atoms with van der Waals surface area (Å²) in [6.07, 6.45) is 1.79. The van der Waals surface area contributed by atoms with Gasteiger partial charge in [0.1, 0.15) is 11.3 Å². The number of carboxylic acids is 1. The molecule has 2 aromatic carbocycles. The van der Waals surface area contributed by atoms with Crippen LogP contribution in [0.4, 0.5) is 5.69 Å². The predicted molar refractivity (Wildman–Crippen MR) is 84.1 cm³/mol. The number of carbonyl (C=O) groups is 1. The largest absolute Gasteiger partial charge is 0.507 e. The first-order valence-corrected chi connectivity index (χ1v) is 6.77. The fourth-order valence-corrected chi connectivity index (χ4v) is 2.24. The van der Waals surface area contributed by atoms with E-state index in [1.807, 2.05) is 30.3 Å². The highest BCUT2D eigenvalue weighted by molar-refractivity contribution is 5.91. The van der Waals surface area contributed by atoms with Gasteiger partial charge < -0.3 is 15.5 Å². The van der Waals surface area contributed by atoms with Crippen LogP contribution in [0, 0.1) is 0 Å². The number of nitrogens with zero attached hydrogens (tertiary/aromatic N) is 1. The number of hydrogen-bond donors (Lipinski definition) is 3. The van der Waals surface area contributed by atoms with E-state index >= 15 is 0 Å². The molecule has 1 aromatic heterocycles. The van der Waals surface area contributed by atoms with Crippen molar-refractivity contribution < 1.29 is 15.0 Å². The third-order valence-electron chi connectivity index (χ3n) is 3.37. The number of aromatic hydroxyl groups is 1. The number of nitrogens with one attached hydrogen (secondary N) is 1. The maximum atomic E-state index is 10.8. The average molecular weight is 294 g/mol. The predicted octanol–water partition coefficient (Wildman–Crippen LogP) is 3.25. The van der Waals surface area contributed by atoms with Crippen molar-refractivity contribution in [3.63, 3.8) is 0 Å². The van der Waals surface area contributed by atoms with Crippen LogP contribution < -0.4 is 5.32 Å². The normalized spacial score (nSPS) is 10.5. The standard InChI is InChI=1S/C17H14N2O3/c20-16-8-13(5-6-14(16)17(21)22)18-9-11-7-12-3-1-2-4-15(12)19-10-11/h1-8,10,18,20H,9H2,(H,21,22). The number of benzene rings is 2. The molecule has 0 aliphatic carbocycles. The van der Waals surface area contributed by atoms with Gasteiger partial charge in [-0.1, -0.05) is 18.2 Å². The van der Waals surface area contributed by atoms with Gasteiger partial charge in [0, 0.05) is 29.9 Å². The van der Waals surface area contributed by atoms with Gasteiger partial charge in [0.05, 0.1) is 5.52 Å². The molecule has 0 fully saturated rings. The Balaban J connectivity index is 1.76. The monoisotopic (exact) mass is 294 g/mol. The quantitative estimate of drug-likeness (QED) is 0.688. The lowest BCUT2D eigenvalue weighted by atomic mass is 10.1. The van der Waals surface area contributed by atoms with E-state index in [1.54, 1.807) is 12.3 Å². The fourth-order valence-electron chi connectivity index (χ4n) is 2.24. The molecule has 0 unspecified atom stereocenters. The van der Waals surface area contributed by atoms with Crippen LogP contribution in [0.3, 0.4) is 0 Å². The highest BCUT2D eigenvalue weighted by Crippen LogP contribution is 2.22. The SMILES string of the molecule is O=C(O)c1ccc(NCc2cnc3ccccc3c2)cc1O. The maximum absolute atomic E-state index is 10.8. The molecule has 0 atom stereocenters. The van der Waals surface area contributed by atoms with Crippen molar-refractivity contribution in [3.05, 3.63) is 65.9 Å². The summed E-state index contributed by atoms with van der Waals surface area (Å²) in [4.78, 5) is 15.2. The summed E-state index contributed by atoms with van der Waals surface area (Å²) in [5, 5.41) is 22.7. The highest BCUT2D eigenvalue weighted by atomic mass is 16.4. The molecule has 5 nitrogen and oxygen atoms in total. The zero-order chi connectivity index (χ0) is 15.5. The first-order valence-electron chi connectivity index (χ1n) is 6.77. The fraction of sp³-hybridized carbons (Fsp3) is 0.0588. The molecule has 22 heavy (non-hydrogen) atoms. The Morgan fingerprint density at radius 2 is 1.95 bits per heavy atom. The van der Waals surface area contributed by atoms with Gasteiger partial charge in [0.25, 0.3) is 0 Å². The van der Waals surface area contributed by atoms with Gasteiger partial charge >= 0.3 is 5.97 Å². The molecule has 3 N–H and O–H groups in total. The molecule has 0 aliphatic heterocycles. The molecular weight excluding hydrogens is 280 g/mol. The van der Waals surface area contributed by atoms with Crippen molar-refractivity contribution in [2.75, 3.05) is 5.32 Å². The minimum Gasteiger partial charge on any atom is -0.507 e. The minimum absolute atomic E-state index is 0.113. The Hall–Kier alpha value is -3.08. The molecule has 0 radical (unpaired) electrons. The van der Waals surface area contributed by atoms with E-state index in [2.05, 4.69) is 10.3 Å². The molecular formula is C17H14N2O3. The van der Waals surface area contributed by atoms with Crippen LogP contribution in [-0.2, 0) is 6.54 Å². The van der Waals surface area contributed by atoms with Gasteiger partial charge in [-0.05, 0) is 29.8 Å². The highest BCUT2D eigenvalue weighted by Gasteiger charge is 2.09. The maximum Gasteiger partial charge on any atom is 0.339 e. The summed E-state index contributed by atoms with van der Waals surface area (Å²) in [5.74, 6) is -1.41. The molecule has 3 aromatic rings. The van der Waals surface area contributed by atoms with Crippen molar-refractivity contribution in [3.8, 4) is 5.75 Å². The average Bonchev–Trinajstić information content (AvgIpc) is 2.52. The number of carboxylic acid groups (broad SMARTS) is 1. The number of para-hydroxylation sites is 1. The number of aromatic carboxylic acids is 1. The van der Waals surface area contributed by atoms with Crippen LogP contribution in [0.1, 0.15) is 15.9 Å². The van der Waals surface area contributed by atoms with E-state index in [0.717, 1.165) is 16.5 Å². The number of phenols is 1. The van der Waals surface area contributed by atoms with E-state index in [-0.39, 0.29) is 11.3 Å². The number of anilines is 1. The number of pyridine rings is 1. The second-order valence-corrected chi connectivity index (χ2v) is 4.93. The summed E-state index contributed by atoms with van der Waals surface area (Å²) < 4.78 is 0. The van der Waals surface area contributed by atoms with Crippen LogP contribution >= 0.6 is 0 Å². The molecule has 0 saturated heterocycles. The van der Waals surface area contributed by atoms with Crippen molar-refractivity contribution in [2.45, 2.75) is 6.54 Å². The molecule has 0 aliphatic rings. The van der Waals surface area contributed by atoms with E-state index in [9.17, 15) is 9.90 Å². The molecule has 0 amide bonds. The number of rotatable bonds is 4. The van der Waals surface area contributed by atoms with E-state index in [4.69, 9.17) is 5.11 Å². The Kier molecular flexibility index (Phi) is 3.62. The lowest BCUT2D eigenvalue weighted by Crippen LogP contribution is -2.02. The van der Waals surface area contributed by atoms with Gasteiger partial charge in [-0.3, -0.25) is 4.98 Å². The number of aromatic nitrogens is 1. The summed E-state index contributed by atoms with van der Waals surface area (Å²) in [6.45, 7) is 0.531. The number of fused-ring (bicyclic) bond motifs is 1. The molecule has 0 spiro atoms. The van der Waals surface area contributed by atoms with Gasteiger partial charge in [-0.2, -0.15) is 0 Å². The minimum atomic E-state index is -1.15. The first kappa shape index (κ1) is 13.9. The van der Waals surface area contributed by atoms with Crippen molar-refractivity contribution in [2.24, 2.45) is 0 Å². The van der Waals surface area contributed by atoms with Crippen molar-refractivity contribution in [1.29, 1.82) is 0 Å².